The maximum atomic E-state index is 2.27. The summed E-state index contributed by atoms with van der Waals surface area (Å²) in [6.07, 6.45) is 10.1. The first-order valence-electron chi connectivity index (χ1n) is 4.06. The van der Waals surface area contributed by atoms with Crippen LogP contribution in [0.3, 0.4) is 0 Å². The van der Waals surface area contributed by atoms with Crippen molar-refractivity contribution in [1.29, 1.82) is 0 Å². The molecule has 56 valence electrons. The Balaban J connectivity index is 2.60. The summed E-state index contributed by atoms with van der Waals surface area (Å²) in [4.78, 5) is 0. The molecule has 1 rings (SSSR count). The molecule has 1 aliphatic heterocycles. The lowest BCUT2D eigenvalue weighted by atomic mass is 10.3. The zero-order valence-corrected chi connectivity index (χ0v) is 6.88. The molecule has 10 heavy (non-hydrogen) atoms. The minimum absolute atomic E-state index is 1.05. The van der Waals surface area contributed by atoms with E-state index in [4.69, 9.17) is 0 Å². The monoisotopic (exact) mass is 138 g/mol. The molecule has 1 heteroatoms. The Labute approximate surface area is 63.2 Å². The van der Waals surface area contributed by atoms with Gasteiger partial charge < -0.3 is 0 Å². The van der Waals surface area contributed by atoms with Crippen LogP contribution in [0.1, 0.15) is 20.3 Å². The highest BCUT2D eigenvalue weighted by Gasteiger charge is 2.19. The number of hydrogen-bond acceptors (Lipinski definition) is 0. The van der Waals surface area contributed by atoms with Crippen LogP contribution in [0.15, 0.2) is 24.6 Å². The Hall–Kier alpha value is -0.560. The summed E-state index contributed by atoms with van der Waals surface area (Å²) in [5.41, 5.74) is 0. The van der Waals surface area contributed by atoms with Crippen LogP contribution in [-0.4, -0.2) is 17.6 Å². The maximum Gasteiger partial charge on any atom is 0.101 e. The van der Waals surface area contributed by atoms with Gasteiger partial charge in [-0.1, -0.05) is 6.92 Å². The van der Waals surface area contributed by atoms with Gasteiger partial charge in [-0.2, -0.15) is 0 Å². The molecule has 0 saturated heterocycles. The average molecular weight is 138 g/mol. The van der Waals surface area contributed by atoms with E-state index in [-0.39, 0.29) is 0 Å². The van der Waals surface area contributed by atoms with Crippen LogP contribution < -0.4 is 0 Å². The van der Waals surface area contributed by atoms with Gasteiger partial charge in [0.25, 0.3) is 0 Å². The normalized spacial score (nSPS) is 20.2. The Morgan fingerprint density at radius 1 is 1.10 bits per heavy atom. The van der Waals surface area contributed by atoms with Crippen LogP contribution >= 0.6 is 0 Å². The Morgan fingerprint density at radius 3 is 2.10 bits per heavy atom. The van der Waals surface area contributed by atoms with Gasteiger partial charge in [0.1, 0.15) is 12.4 Å². The third-order valence-electron chi connectivity index (χ3n) is 2.11. The van der Waals surface area contributed by atoms with Gasteiger partial charge >= 0.3 is 0 Å². The molecular formula is C9H16N+. The second-order valence-corrected chi connectivity index (χ2v) is 2.83. The lowest BCUT2D eigenvalue weighted by molar-refractivity contribution is -0.823. The number of rotatable bonds is 3. The third kappa shape index (κ3) is 1.29. The third-order valence-corrected chi connectivity index (χ3v) is 2.11. The smallest absolute Gasteiger partial charge is 0.101 e. The zero-order chi connectivity index (χ0) is 7.45. The topological polar surface area (TPSA) is 0 Å². The van der Waals surface area contributed by atoms with Gasteiger partial charge in [0.05, 0.1) is 13.1 Å². The summed E-state index contributed by atoms with van der Waals surface area (Å²) in [6.45, 7) is 6.88. The SMILES string of the molecule is CCC[N+]1(CC)C=CC=C1. The summed E-state index contributed by atoms with van der Waals surface area (Å²) in [7, 11) is 0. The van der Waals surface area contributed by atoms with Crippen molar-refractivity contribution >= 4 is 0 Å². The Bertz CT molecular complexity index is 144. The molecule has 0 aromatic heterocycles. The van der Waals surface area contributed by atoms with E-state index in [0.29, 0.717) is 0 Å². The number of hydrogen-bond donors (Lipinski definition) is 0. The molecule has 0 saturated carbocycles. The molecule has 1 heterocycles. The molecule has 0 aromatic carbocycles. The predicted molar refractivity (Wildman–Crippen MR) is 44.2 cm³/mol. The van der Waals surface area contributed by atoms with Crippen molar-refractivity contribution in [1.82, 2.24) is 0 Å². The first-order chi connectivity index (χ1) is 4.83. The highest BCUT2D eigenvalue weighted by Crippen LogP contribution is 2.15. The van der Waals surface area contributed by atoms with Gasteiger partial charge in [-0.25, -0.2) is 0 Å². The van der Waals surface area contributed by atoms with E-state index < -0.39 is 0 Å². The fraction of sp³-hybridized carbons (Fsp3) is 0.556. The largest absolute Gasteiger partial charge is 0.271 e. The summed E-state index contributed by atoms with van der Waals surface area (Å²) in [5.74, 6) is 0. The van der Waals surface area contributed by atoms with E-state index in [0.717, 1.165) is 4.48 Å². The minimum atomic E-state index is 1.05. The summed E-state index contributed by atoms with van der Waals surface area (Å²) in [5, 5.41) is 0. The van der Waals surface area contributed by atoms with Crippen LogP contribution in [0.5, 0.6) is 0 Å². The number of quaternary nitrogens is 1. The zero-order valence-electron chi connectivity index (χ0n) is 6.88. The summed E-state index contributed by atoms with van der Waals surface area (Å²) < 4.78 is 1.05. The van der Waals surface area contributed by atoms with Crippen LogP contribution in [0.25, 0.3) is 0 Å². The quantitative estimate of drug-likeness (QED) is 0.525. The summed E-state index contributed by atoms with van der Waals surface area (Å²) >= 11 is 0. The van der Waals surface area contributed by atoms with Crippen molar-refractivity contribution < 1.29 is 4.48 Å². The van der Waals surface area contributed by atoms with Crippen molar-refractivity contribution in [2.45, 2.75) is 20.3 Å². The molecule has 1 aliphatic rings. The first kappa shape index (κ1) is 7.55. The van der Waals surface area contributed by atoms with Crippen LogP contribution in [0.4, 0.5) is 0 Å². The molecule has 0 bridgehead atoms. The van der Waals surface area contributed by atoms with Crippen molar-refractivity contribution in [3.8, 4) is 0 Å². The van der Waals surface area contributed by atoms with Gasteiger partial charge in [-0.15, -0.1) is 0 Å². The fourth-order valence-corrected chi connectivity index (χ4v) is 1.43. The van der Waals surface area contributed by atoms with Crippen LogP contribution in [0.2, 0.25) is 0 Å². The lowest BCUT2D eigenvalue weighted by Crippen LogP contribution is -2.35. The Morgan fingerprint density at radius 2 is 1.70 bits per heavy atom. The van der Waals surface area contributed by atoms with Crippen molar-refractivity contribution in [2.24, 2.45) is 0 Å². The lowest BCUT2D eigenvalue weighted by Gasteiger charge is -2.26. The number of allylic oxidation sites excluding steroid dienone is 2. The van der Waals surface area contributed by atoms with E-state index in [9.17, 15) is 0 Å². The molecule has 0 radical (unpaired) electrons. The Kier molecular flexibility index (Phi) is 2.28. The molecule has 0 unspecified atom stereocenters. The molecular weight excluding hydrogens is 122 g/mol. The van der Waals surface area contributed by atoms with Gasteiger partial charge in [-0.05, 0) is 25.5 Å². The molecule has 0 N–H and O–H groups in total. The predicted octanol–water partition coefficient (Wildman–Crippen LogP) is 2.27. The number of nitrogens with zero attached hydrogens (tertiary/aromatic N) is 1. The van der Waals surface area contributed by atoms with E-state index in [2.05, 4.69) is 38.4 Å². The molecule has 0 atom stereocenters. The van der Waals surface area contributed by atoms with Crippen molar-refractivity contribution in [2.75, 3.05) is 13.1 Å². The minimum Gasteiger partial charge on any atom is -0.271 e. The summed E-state index contributed by atoms with van der Waals surface area (Å²) in [6, 6.07) is 0. The second-order valence-electron chi connectivity index (χ2n) is 2.83. The average Bonchev–Trinajstić information content (AvgIpc) is 2.39. The van der Waals surface area contributed by atoms with Gasteiger partial charge in [0.15, 0.2) is 0 Å². The van der Waals surface area contributed by atoms with Crippen molar-refractivity contribution in [3.05, 3.63) is 24.6 Å². The van der Waals surface area contributed by atoms with Gasteiger partial charge in [-0.3, -0.25) is 4.48 Å². The molecule has 0 aromatic rings. The van der Waals surface area contributed by atoms with E-state index in [1.807, 2.05) is 0 Å². The molecule has 0 amide bonds. The maximum absolute atomic E-state index is 2.27. The fourth-order valence-electron chi connectivity index (χ4n) is 1.43. The van der Waals surface area contributed by atoms with E-state index in [1.165, 1.54) is 19.5 Å². The highest BCUT2D eigenvalue weighted by molar-refractivity contribution is 5.03. The molecule has 0 spiro atoms. The van der Waals surface area contributed by atoms with Crippen LogP contribution in [0, 0.1) is 0 Å². The molecule has 0 aliphatic carbocycles. The molecule has 1 nitrogen and oxygen atoms in total. The van der Waals surface area contributed by atoms with Crippen molar-refractivity contribution in [3.63, 3.8) is 0 Å². The molecule has 0 fully saturated rings. The van der Waals surface area contributed by atoms with E-state index in [1.54, 1.807) is 0 Å². The van der Waals surface area contributed by atoms with Gasteiger partial charge in [0, 0.05) is 0 Å². The first-order valence-corrected chi connectivity index (χ1v) is 4.06. The second kappa shape index (κ2) is 3.02. The highest BCUT2D eigenvalue weighted by atomic mass is 15.3. The van der Waals surface area contributed by atoms with E-state index >= 15 is 0 Å². The van der Waals surface area contributed by atoms with Gasteiger partial charge in [0.2, 0.25) is 0 Å². The van der Waals surface area contributed by atoms with Crippen LogP contribution in [-0.2, 0) is 0 Å². The standard InChI is InChI=1S/C9H16N/c1-3-7-10(4-2)8-5-6-9-10/h5-6,8-9H,3-4,7H2,1-2H3/q+1.